The number of β-amino-alcohol motifs (C(OH)–C–C–N with tert-alkyl or cyclic N) is 1. The van der Waals surface area contributed by atoms with Crippen LogP contribution < -0.4 is 5.73 Å². The molecule has 1 aromatic carbocycles. The van der Waals surface area contributed by atoms with Gasteiger partial charge in [0.1, 0.15) is 0 Å². The summed E-state index contributed by atoms with van der Waals surface area (Å²) in [4.78, 5) is 13.8. The fourth-order valence-corrected chi connectivity index (χ4v) is 2.52. The summed E-state index contributed by atoms with van der Waals surface area (Å²) < 4.78 is 0. The maximum absolute atomic E-state index is 12.2. The number of aliphatic hydroxyl groups is 1. The highest BCUT2D eigenvalue weighted by Crippen LogP contribution is 2.30. The molecule has 0 atom stereocenters. The van der Waals surface area contributed by atoms with Gasteiger partial charge in [-0.3, -0.25) is 4.79 Å². The van der Waals surface area contributed by atoms with Crippen molar-refractivity contribution in [2.24, 2.45) is 0 Å². The highest BCUT2D eigenvalue weighted by atomic mass is 35.5. The molecule has 1 amide bonds. The van der Waals surface area contributed by atoms with Gasteiger partial charge in [-0.1, -0.05) is 31.0 Å². The second-order valence-electron chi connectivity index (χ2n) is 4.84. The molecule has 2 rings (SSSR count). The van der Waals surface area contributed by atoms with E-state index in [4.69, 9.17) is 17.3 Å². The molecule has 0 aromatic heterocycles. The zero-order valence-electron chi connectivity index (χ0n) is 10.3. The molecule has 1 saturated heterocycles. The van der Waals surface area contributed by atoms with E-state index in [2.05, 4.69) is 0 Å². The predicted molar refractivity (Wildman–Crippen MR) is 71.6 cm³/mol. The van der Waals surface area contributed by atoms with Crippen LogP contribution in [-0.2, 0) is 0 Å². The molecular weight excluding hydrogens is 252 g/mol. The molecule has 98 valence electrons. The Morgan fingerprint density at radius 3 is 2.83 bits per heavy atom. The molecule has 3 N–H and O–H groups in total. The second kappa shape index (κ2) is 4.78. The van der Waals surface area contributed by atoms with Gasteiger partial charge in [0.15, 0.2) is 0 Å². The summed E-state index contributed by atoms with van der Waals surface area (Å²) in [5.74, 6) is -0.173. The van der Waals surface area contributed by atoms with E-state index >= 15 is 0 Å². The van der Waals surface area contributed by atoms with Gasteiger partial charge in [0.05, 0.1) is 35.0 Å². The number of amides is 1. The van der Waals surface area contributed by atoms with Crippen LogP contribution in [-0.4, -0.2) is 34.6 Å². The van der Waals surface area contributed by atoms with E-state index in [0.29, 0.717) is 30.8 Å². The number of likely N-dealkylation sites (tertiary alicyclic amines) is 1. The van der Waals surface area contributed by atoms with Gasteiger partial charge >= 0.3 is 0 Å². The highest BCUT2D eigenvalue weighted by molar-refractivity contribution is 6.36. The van der Waals surface area contributed by atoms with Crippen LogP contribution in [0.15, 0.2) is 18.2 Å². The Balaban J connectivity index is 2.08. The lowest BCUT2D eigenvalue weighted by atomic mass is 9.88. The van der Waals surface area contributed by atoms with Crippen LogP contribution in [0.3, 0.4) is 0 Å². The average molecular weight is 269 g/mol. The van der Waals surface area contributed by atoms with Crippen LogP contribution in [0.4, 0.5) is 5.69 Å². The van der Waals surface area contributed by atoms with Gasteiger partial charge in [-0.05, 0) is 18.6 Å². The molecule has 1 aromatic rings. The first-order valence-corrected chi connectivity index (χ1v) is 6.40. The van der Waals surface area contributed by atoms with Crippen molar-refractivity contribution in [3.63, 3.8) is 0 Å². The second-order valence-corrected chi connectivity index (χ2v) is 5.22. The number of nitrogens with two attached hydrogens (primary N) is 1. The number of nitrogen functional groups attached to an aromatic ring is 1. The van der Waals surface area contributed by atoms with E-state index in [-0.39, 0.29) is 10.9 Å². The number of benzene rings is 1. The Labute approximate surface area is 111 Å². The summed E-state index contributed by atoms with van der Waals surface area (Å²) >= 11 is 6.01. The maximum atomic E-state index is 12.2. The van der Waals surface area contributed by atoms with E-state index < -0.39 is 5.60 Å². The highest BCUT2D eigenvalue weighted by Gasteiger charge is 2.43. The van der Waals surface area contributed by atoms with Crippen molar-refractivity contribution < 1.29 is 9.90 Å². The van der Waals surface area contributed by atoms with Gasteiger partial charge in [-0.15, -0.1) is 0 Å². The number of hydrogen-bond donors (Lipinski definition) is 2. The normalized spacial score (nSPS) is 17.4. The number of carbonyl (C=O) groups is 1. The van der Waals surface area contributed by atoms with Crippen LogP contribution in [0.2, 0.25) is 5.02 Å². The molecule has 1 heterocycles. The fourth-order valence-electron chi connectivity index (χ4n) is 2.32. The number of nitrogens with zero attached hydrogens (tertiary/aromatic N) is 1. The fraction of sp³-hybridized carbons (Fsp3) is 0.462. The van der Waals surface area contributed by atoms with Gasteiger partial charge < -0.3 is 15.7 Å². The first-order valence-electron chi connectivity index (χ1n) is 6.02. The minimum atomic E-state index is -0.725. The summed E-state index contributed by atoms with van der Waals surface area (Å²) in [6, 6.07) is 5.01. The van der Waals surface area contributed by atoms with Crippen molar-refractivity contribution in [3.8, 4) is 0 Å². The molecule has 1 aliphatic heterocycles. The lowest BCUT2D eigenvalue weighted by molar-refractivity contribution is -0.0860. The Kier molecular flexibility index (Phi) is 3.50. The quantitative estimate of drug-likeness (QED) is 0.823. The number of halogens is 1. The molecule has 0 aliphatic carbocycles. The van der Waals surface area contributed by atoms with E-state index in [1.54, 1.807) is 23.1 Å². The van der Waals surface area contributed by atoms with Crippen molar-refractivity contribution in [1.82, 2.24) is 4.90 Å². The summed E-state index contributed by atoms with van der Waals surface area (Å²) in [5, 5.41) is 10.3. The molecule has 0 spiro atoms. The first-order chi connectivity index (χ1) is 8.47. The molecule has 4 nitrogen and oxygen atoms in total. The summed E-state index contributed by atoms with van der Waals surface area (Å²) in [7, 11) is 0. The van der Waals surface area contributed by atoms with Crippen molar-refractivity contribution in [1.29, 1.82) is 0 Å². The Bertz CT molecular complexity index is 470. The van der Waals surface area contributed by atoms with E-state index in [9.17, 15) is 9.90 Å². The minimum Gasteiger partial charge on any atom is -0.398 e. The van der Waals surface area contributed by atoms with Gasteiger partial charge in [0.25, 0.3) is 5.91 Å². The molecule has 5 heteroatoms. The largest absolute Gasteiger partial charge is 0.398 e. The standard InChI is InChI=1S/C13H17ClN2O2/c1-2-6-13(18)7-16(8-13)12(17)9-4-3-5-10(15)11(9)14/h3-5,18H,2,6-8,15H2,1H3. The SMILES string of the molecule is CCCC1(O)CN(C(=O)c2cccc(N)c2Cl)C1. The third-order valence-corrected chi connectivity index (χ3v) is 3.65. The monoisotopic (exact) mass is 268 g/mol. The van der Waals surface area contributed by atoms with Crippen LogP contribution in [0.5, 0.6) is 0 Å². The van der Waals surface area contributed by atoms with E-state index in [0.717, 1.165) is 6.42 Å². The van der Waals surface area contributed by atoms with Crippen LogP contribution in [0.25, 0.3) is 0 Å². The summed E-state index contributed by atoms with van der Waals surface area (Å²) in [5.41, 5.74) is 5.74. The molecule has 0 unspecified atom stereocenters. The predicted octanol–water partition coefficient (Wildman–Crippen LogP) is 1.91. The topological polar surface area (TPSA) is 66.6 Å². The summed E-state index contributed by atoms with van der Waals surface area (Å²) in [6.45, 7) is 2.74. The average Bonchev–Trinajstić information content (AvgIpc) is 2.29. The zero-order chi connectivity index (χ0) is 13.3. The van der Waals surface area contributed by atoms with Crippen molar-refractivity contribution in [2.75, 3.05) is 18.8 Å². The van der Waals surface area contributed by atoms with Crippen molar-refractivity contribution in [3.05, 3.63) is 28.8 Å². The Hall–Kier alpha value is -1.26. The van der Waals surface area contributed by atoms with Crippen molar-refractivity contribution >= 4 is 23.2 Å². The molecule has 18 heavy (non-hydrogen) atoms. The molecule has 0 radical (unpaired) electrons. The molecule has 0 saturated carbocycles. The van der Waals surface area contributed by atoms with Gasteiger partial charge in [0.2, 0.25) is 0 Å². The van der Waals surface area contributed by atoms with Crippen LogP contribution in [0.1, 0.15) is 30.1 Å². The number of rotatable bonds is 3. The molecule has 0 bridgehead atoms. The third kappa shape index (κ3) is 2.31. The van der Waals surface area contributed by atoms with E-state index in [1.165, 1.54) is 0 Å². The molecule has 1 aliphatic rings. The summed E-state index contributed by atoms with van der Waals surface area (Å²) in [6.07, 6.45) is 1.61. The first kappa shape index (κ1) is 13.2. The Morgan fingerprint density at radius 2 is 2.22 bits per heavy atom. The smallest absolute Gasteiger partial charge is 0.255 e. The van der Waals surface area contributed by atoms with Gasteiger partial charge in [-0.25, -0.2) is 0 Å². The molecule has 1 fully saturated rings. The number of hydrogen-bond acceptors (Lipinski definition) is 3. The van der Waals surface area contributed by atoms with Crippen LogP contribution in [0, 0.1) is 0 Å². The number of carbonyl (C=O) groups excluding carboxylic acids is 1. The van der Waals surface area contributed by atoms with Crippen LogP contribution >= 0.6 is 11.6 Å². The molecular formula is C13H17ClN2O2. The van der Waals surface area contributed by atoms with Gasteiger partial charge in [-0.2, -0.15) is 0 Å². The zero-order valence-corrected chi connectivity index (χ0v) is 11.1. The van der Waals surface area contributed by atoms with Crippen molar-refractivity contribution in [2.45, 2.75) is 25.4 Å². The number of anilines is 1. The lowest BCUT2D eigenvalue weighted by Crippen LogP contribution is -2.63. The third-order valence-electron chi connectivity index (χ3n) is 3.23. The lowest BCUT2D eigenvalue weighted by Gasteiger charge is -2.46. The maximum Gasteiger partial charge on any atom is 0.255 e. The van der Waals surface area contributed by atoms with Gasteiger partial charge in [0, 0.05) is 0 Å². The minimum absolute atomic E-state index is 0.173. The van der Waals surface area contributed by atoms with E-state index in [1.807, 2.05) is 6.92 Å². The Morgan fingerprint density at radius 1 is 1.56 bits per heavy atom.